The Hall–Kier alpha value is -1.76. The quantitative estimate of drug-likeness (QED) is 0.724. The van der Waals surface area contributed by atoms with Crippen LogP contribution in [0.4, 0.5) is 18.9 Å². The molecule has 1 atom stereocenters. The first-order valence-corrected chi connectivity index (χ1v) is 7.14. The number of nitrogens with two attached hydrogens (primary N) is 1. The van der Waals surface area contributed by atoms with Gasteiger partial charge in [-0.2, -0.15) is 13.2 Å². The van der Waals surface area contributed by atoms with E-state index in [0.29, 0.717) is 12.2 Å². The lowest BCUT2D eigenvalue weighted by atomic mass is 10.0. The van der Waals surface area contributed by atoms with Gasteiger partial charge in [-0.1, -0.05) is 13.8 Å². The molecular formula is C15H22F3N3O. The molecule has 0 spiro atoms. The Balaban J connectivity index is 2.65. The van der Waals surface area contributed by atoms with Gasteiger partial charge in [0, 0.05) is 31.2 Å². The number of nitrogens with one attached hydrogen (secondary N) is 2. The molecule has 0 aliphatic carbocycles. The highest BCUT2D eigenvalue weighted by atomic mass is 19.4. The van der Waals surface area contributed by atoms with Crippen molar-refractivity contribution in [2.24, 2.45) is 11.7 Å². The Bertz CT molecular complexity index is 472. The number of alkyl halides is 3. The minimum atomic E-state index is -4.34. The summed E-state index contributed by atoms with van der Waals surface area (Å²) in [5, 5.41) is 5.90. The molecule has 1 aromatic rings. The Kier molecular flexibility index (Phi) is 6.67. The molecule has 0 heterocycles. The molecule has 22 heavy (non-hydrogen) atoms. The zero-order chi connectivity index (χ0) is 16.8. The molecule has 0 aliphatic heterocycles. The predicted octanol–water partition coefficient (Wildman–Crippen LogP) is 2.61. The second-order valence-corrected chi connectivity index (χ2v) is 5.41. The van der Waals surface area contributed by atoms with E-state index < -0.39 is 11.7 Å². The van der Waals surface area contributed by atoms with Crippen molar-refractivity contribution in [3.05, 3.63) is 29.8 Å². The molecule has 0 radical (unpaired) electrons. The molecule has 1 rings (SSSR count). The molecule has 4 nitrogen and oxygen atoms in total. The lowest BCUT2D eigenvalue weighted by Gasteiger charge is -2.24. The number of rotatable bonds is 7. The summed E-state index contributed by atoms with van der Waals surface area (Å²) in [6, 6.07) is 4.76. The summed E-state index contributed by atoms with van der Waals surface area (Å²) in [6.45, 7) is 4.61. The highest BCUT2D eigenvalue weighted by molar-refractivity contribution is 5.76. The van der Waals surface area contributed by atoms with Gasteiger partial charge < -0.3 is 16.4 Å². The summed E-state index contributed by atoms with van der Waals surface area (Å²) in [5.41, 5.74) is 5.20. The van der Waals surface area contributed by atoms with Gasteiger partial charge in [-0.3, -0.25) is 4.79 Å². The number of carbonyl (C=O) groups excluding carboxylic acids is 1. The van der Waals surface area contributed by atoms with E-state index >= 15 is 0 Å². The Labute approximate surface area is 128 Å². The molecule has 7 heteroatoms. The fourth-order valence-corrected chi connectivity index (χ4v) is 1.87. The van der Waals surface area contributed by atoms with Crippen LogP contribution in [0.3, 0.4) is 0 Å². The number of amides is 1. The van der Waals surface area contributed by atoms with Crippen molar-refractivity contribution in [2.75, 3.05) is 18.4 Å². The molecule has 0 fully saturated rings. The summed E-state index contributed by atoms with van der Waals surface area (Å²) < 4.78 is 37.5. The van der Waals surface area contributed by atoms with Crippen molar-refractivity contribution in [2.45, 2.75) is 32.5 Å². The van der Waals surface area contributed by atoms with Crippen LogP contribution in [0.5, 0.6) is 0 Å². The third kappa shape index (κ3) is 5.93. The van der Waals surface area contributed by atoms with Crippen LogP contribution in [0.25, 0.3) is 0 Å². The number of hydrogen-bond acceptors (Lipinski definition) is 3. The first-order chi connectivity index (χ1) is 10.2. The van der Waals surface area contributed by atoms with E-state index in [1.54, 1.807) is 0 Å². The zero-order valence-corrected chi connectivity index (χ0v) is 12.7. The third-order valence-corrected chi connectivity index (χ3v) is 3.26. The van der Waals surface area contributed by atoms with Crippen LogP contribution >= 0.6 is 0 Å². The van der Waals surface area contributed by atoms with E-state index in [0.717, 1.165) is 12.1 Å². The van der Waals surface area contributed by atoms with Gasteiger partial charge in [-0.05, 0) is 30.2 Å². The summed E-state index contributed by atoms with van der Waals surface area (Å²) in [6.07, 6.45) is -4.09. The van der Waals surface area contributed by atoms with Crippen LogP contribution in [0.2, 0.25) is 0 Å². The third-order valence-electron chi connectivity index (χ3n) is 3.26. The van der Waals surface area contributed by atoms with Crippen molar-refractivity contribution in [3.63, 3.8) is 0 Å². The van der Waals surface area contributed by atoms with Crippen molar-refractivity contribution in [3.8, 4) is 0 Å². The van der Waals surface area contributed by atoms with Gasteiger partial charge in [0.1, 0.15) is 0 Å². The fraction of sp³-hybridized carbons (Fsp3) is 0.533. The number of hydrogen-bond donors (Lipinski definition) is 3. The Morgan fingerprint density at radius 3 is 2.27 bits per heavy atom. The van der Waals surface area contributed by atoms with E-state index in [-0.39, 0.29) is 30.8 Å². The maximum Gasteiger partial charge on any atom is 0.416 e. The number of anilines is 1. The van der Waals surface area contributed by atoms with Crippen LogP contribution in [0, 0.1) is 5.92 Å². The second-order valence-electron chi connectivity index (χ2n) is 5.41. The molecule has 4 N–H and O–H groups in total. The summed E-state index contributed by atoms with van der Waals surface area (Å²) >= 11 is 0. The van der Waals surface area contributed by atoms with E-state index in [4.69, 9.17) is 5.73 Å². The van der Waals surface area contributed by atoms with Crippen LogP contribution in [0.1, 0.15) is 25.8 Å². The van der Waals surface area contributed by atoms with Gasteiger partial charge in [0.15, 0.2) is 0 Å². The van der Waals surface area contributed by atoms with Gasteiger partial charge in [0.05, 0.1) is 5.56 Å². The number of carbonyl (C=O) groups is 1. The van der Waals surface area contributed by atoms with Gasteiger partial charge in [-0.15, -0.1) is 0 Å². The van der Waals surface area contributed by atoms with Crippen molar-refractivity contribution >= 4 is 11.6 Å². The molecule has 0 bridgehead atoms. The zero-order valence-electron chi connectivity index (χ0n) is 12.7. The number of benzene rings is 1. The lowest BCUT2D eigenvalue weighted by Crippen LogP contribution is -2.40. The Morgan fingerprint density at radius 1 is 1.23 bits per heavy atom. The monoisotopic (exact) mass is 317 g/mol. The first kappa shape index (κ1) is 18.3. The number of halogens is 3. The van der Waals surface area contributed by atoms with Crippen molar-refractivity contribution in [1.29, 1.82) is 0 Å². The van der Waals surface area contributed by atoms with Crippen LogP contribution in [-0.2, 0) is 11.0 Å². The molecule has 0 aromatic heterocycles. The maximum absolute atomic E-state index is 12.5. The first-order valence-electron chi connectivity index (χ1n) is 7.14. The largest absolute Gasteiger partial charge is 0.416 e. The van der Waals surface area contributed by atoms with Crippen molar-refractivity contribution < 1.29 is 18.0 Å². The molecule has 0 saturated carbocycles. The molecule has 0 aliphatic rings. The molecule has 124 valence electrons. The van der Waals surface area contributed by atoms with Gasteiger partial charge in [0.2, 0.25) is 5.91 Å². The molecular weight excluding hydrogens is 295 g/mol. The van der Waals surface area contributed by atoms with Crippen LogP contribution in [0.15, 0.2) is 24.3 Å². The summed E-state index contributed by atoms with van der Waals surface area (Å²) in [4.78, 5) is 11.4. The second kappa shape index (κ2) is 8.03. The molecule has 1 aromatic carbocycles. The van der Waals surface area contributed by atoms with Crippen molar-refractivity contribution in [1.82, 2.24) is 5.32 Å². The summed E-state index contributed by atoms with van der Waals surface area (Å²) in [7, 11) is 0. The smallest absolute Gasteiger partial charge is 0.380 e. The highest BCUT2D eigenvalue weighted by Crippen LogP contribution is 2.30. The maximum atomic E-state index is 12.5. The van der Waals surface area contributed by atoms with Crippen LogP contribution < -0.4 is 16.4 Å². The highest BCUT2D eigenvalue weighted by Gasteiger charge is 2.30. The van der Waals surface area contributed by atoms with E-state index in [1.807, 2.05) is 13.8 Å². The van der Waals surface area contributed by atoms with Gasteiger partial charge in [0.25, 0.3) is 0 Å². The minimum absolute atomic E-state index is 0.0848. The average molecular weight is 317 g/mol. The fourth-order valence-electron chi connectivity index (χ4n) is 1.87. The summed E-state index contributed by atoms with van der Waals surface area (Å²) in [5.74, 6) is 0.0582. The standard InChI is InChI=1S/C15H22F3N3O/c1-10(2)13(9-20-14(22)7-8-19)21-12-5-3-11(4-6-12)15(16,17)18/h3-6,10,13,21H,7-9,19H2,1-2H3,(H,20,22)/t13-/m0/s1. The SMILES string of the molecule is CC(C)[C@H](CNC(=O)CCN)Nc1ccc(C(F)(F)F)cc1. The molecule has 0 unspecified atom stereocenters. The normalized spacial score (nSPS) is 13.0. The Morgan fingerprint density at radius 2 is 1.82 bits per heavy atom. The minimum Gasteiger partial charge on any atom is -0.380 e. The topological polar surface area (TPSA) is 67.2 Å². The molecule has 1 amide bonds. The van der Waals surface area contributed by atoms with Crippen LogP contribution in [-0.4, -0.2) is 25.0 Å². The van der Waals surface area contributed by atoms with Gasteiger partial charge >= 0.3 is 6.18 Å². The lowest BCUT2D eigenvalue weighted by molar-refractivity contribution is -0.137. The van der Waals surface area contributed by atoms with Gasteiger partial charge in [-0.25, -0.2) is 0 Å². The van der Waals surface area contributed by atoms with E-state index in [2.05, 4.69) is 10.6 Å². The van der Waals surface area contributed by atoms with E-state index in [9.17, 15) is 18.0 Å². The molecule has 0 saturated heterocycles. The average Bonchev–Trinajstić information content (AvgIpc) is 2.43. The predicted molar refractivity (Wildman–Crippen MR) is 80.4 cm³/mol. The van der Waals surface area contributed by atoms with E-state index in [1.165, 1.54) is 12.1 Å².